The predicted molar refractivity (Wildman–Crippen MR) is 72.2 cm³/mol. The minimum Gasteiger partial charge on any atom is -0.337 e. The van der Waals surface area contributed by atoms with Crippen molar-refractivity contribution in [1.82, 2.24) is 10.2 Å². The van der Waals surface area contributed by atoms with Gasteiger partial charge in [-0.25, -0.2) is 0 Å². The molecule has 0 bridgehead atoms. The second kappa shape index (κ2) is 5.19. The van der Waals surface area contributed by atoms with E-state index in [9.17, 15) is 4.79 Å². The summed E-state index contributed by atoms with van der Waals surface area (Å²) in [6.45, 7) is 3.87. The molecule has 1 aliphatic rings. The molecule has 0 aromatic heterocycles. The van der Waals surface area contributed by atoms with Gasteiger partial charge in [-0.1, -0.05) is 15.9 Å². The molecule has 0 saturated carbocycles. The van der Waals surface area contributed by atoms with Crippen LogP contribution < -0.4 is 5.32 Å². The van der Waals surface area contributed by atoms with Gasteiger partial charge in [-0.3, -0.25) is 4.79 Å². The lowest BCUT2D eigenvalue weighted by Gasteiger charge is -2.24. The molecule has 1 unspecified atom stereocenters. The molecule has 17 heavy (non-hydrogen) atoms. The van der Waals surface area contributed by atoms with Gasteiger partial charge in [-0.05, 0) is 43.7 Å². The first kappa shape index (κ1) is 12.6. The number of nitrogens with zero attached hydrogens (tertiary/aromatic N) is 1. The molecule has 0 spiro atoms. The van der Waals surface area contributed by atoms with E-state index < -0.39 is 0 Å². The molecule has 1 saturated heterocycles. The lowest BCUT2D eigenvalue weighted by molar-refractivity contribution is 0.0743. The highest BCUT2D eigenvalue weighted by Gasteiger charge is 2.24. The fourth-order valence-corrected chi connectivity index (χ4v) is 2.67. The Labute approximate surface area is 110 Å². The minimum atomic E-state index is 0.115. The quantitative estimate of drug-likeness (QED) is 0.907. The van der Waals surface area contributed by atoms with Crippen LogP contribution >= 0.6 is 15.9 Å². The van der Waals surface area contributed by atoms with Gasteiger partial charge in [-0.15, -0.1) is 0 Å². The summed E-state index contributed by atoms with van der Waals surface area (Å²) >= 11 is 3.41. The van der Waals surface area contributed by atoms with Crippen LogP contribution in [-0.4, -0.2) is 37.0 Å². The molecule has 1 atom stereocenters. The normalized spacial score (nSPS) is 19.4. The summed E-state index contributed by atoms with van der Waals surface area (Å²) in [7, 11) is 1.89. The number of nitrogens with one attached hydrogen (secondary N) is 1. The van der Waals surface area contributed by atoms with Crippen LogP contribution in [0, 0.1) is 6.92 Å². The smallest absolute Gasteiger partial charge is 0.254 e. The first-order valence-corrected chi connectivity index (χ1v) is 6.63. The van der Waals surface area contributed by atoms with Gasteiger partial charge in [0.1, 0.15) is 0 Å². The molecule has 0 radical (unpaired) electrons. The fraction of sp³-hybridized carbons (Fsp3) is 0.462. The van der Waals surface area contributed by atoms with Crippen molar-refractivity contribution in [3.63, 3.8) is 0 Å². The molecule has 1 heterocycles. The summed E-state index contributed by atoms with van der Waals surface area (Å²) in [6, 6.07) is 6.11. The average molecular weight is 297 g/mol. The molecule has 2 rings (SSSR count). The van der Waals surface area contributed by atoms with E-state index in [1.807, 2.05) is 37.1 Å². The zero-order valence-corrected chi connectivity index (χ0v) is 11.8. The maximum Gasteiger partial charge on any atom is 0.254 e. The van der Waals surface area contributed by atoms with Gasteiger partial charge < -0.3 is 10.2 Å². The van der Waals surface area contributed by atoms with Crippen LogP contribution in [0.1, 0.15) is 22.3 Å². The number of hydrogen-bond donors (Lipinski definition) is 1. The number of carbonyl (C=O) groups excluding carboxylic acids is 1. The van der Waals surface area contributed by atoms with Crippen molar-refractivity contribution in [1.29, 1.82) is 0 Å². The number of benzene rings is 1. The summed E-state index contributed by atoms with van der Waals surface area (Å²) in [5, 5.41) is 3.28. The zero-order chi connectivity index (χ0) is 12.4. The standard InChI is InChI=1S/C13H17BrN2O/c1-9-7-10(14)3-4-12(9)13(17)16(2)11-5-6-15-8-11/h3-4,7,11,15H,5-6,8H2,1-2H3. The summed E-state index contributed by atoms with van der Waals surface area (Å²) in [5.41, 5.74) is 1.81. The Balaban J connectivity index is 2.18. The van der Waals surface area contributed by atoms with Crippen molar-refractivity contribution in [2.75, 3.05) is 20.1 Å². The summed E-state index contributed by atoms with van der Waals surface area (Å²) in [6.07, 6.45) is 1.04. The largest absolute Gasteiger partial charge is 0.337 e. The van der Waals surface area contributed by atoms with Crippen molar-refractivity contribution in [3.05, 3.63) is 33.8 Å². The van der Waals surface area contributed by atoms with Crippen molar-refractivity contribution in [3.8, 4) is 0 Å². The van der Waals surface area contributed by atoms with E-state index in [0.29, 0.717) is 6.04 Å². The van der Waals surface area contributed by atoms with Crippen LogP contribution in [-0.2, 0) is 0 Å². The number of rotatable bonds is 2. The minimum absolute atomic E-state index is 0.115. The Hall–Kier alpha value is -0.870. The summed E-state index contributed by atoms with van der Waals surface area (Å²) in [4.78, 5) is 14.2. The van der Waals surface area contributed by atoms with Gasteiger partial charge in [-0.2, -0.15) is 0 Å². The molecule has 1 amide bonds. The Morgan fingerprint density at radius 2 is 2.29 bits per heavy atom. The maximum atomic E-state index is 12.3. The average Bonchev–Trinajstić information content (AvgIpc) is 2.80. The van der Waals surface area contributed by atoms with Crippen LogP contribution in [0.5, 0.6) is 0 Å². The van der Waals surface area contributed by atoms with Crippen molar-refractivity contribution in [2.24, 2.45) is 0 Å². The SMILES string of the molecule is Cc1cc(Br)ccc1C(=O)N(C)C1CCNC1. The first-order chi connectivity index (χ1) is 8.09. The van der Waals surface area contributed by atoms with Gasteiger partial charge in [0.2, 0.25) is 0 Å². The first-order valence-electron chi connectivity index (χ1n) is 5.83. The van der Waals surface area contributed by atoms with Gasteiger partial charge in [0.05, 0.1) is 0 Å². The Morgan fingerprint density at radius 3 is 2.88 bits per heavy atom. The second-order valence-corrected chi connectivity index (χ2v) is 5.44. The van der Waals surface area contributed by atoms with Gasteiger partial charge in [0.15, 0.2) is 0 Å². The summed E-state index contributed by atoms with van der Waals surface area (Å²) in [5.74, 6) is 0.115. The lowest BCUT2D eigenvalue weighted by atomic mass is 10.1. The van der Waals surface area contributed by atoms with Gasteiger partial charge in [0.25, 0.3) is 5.91 Å². The number of amides is 1. The molecule has 1 fully saturated rings. The number of aryl methyl sites for hydroxylation is 1. The van der Waals surface area contributed by atoms with E-state index in [4.69, 9.17) is 0 Å². The van der Waals surface area contributed by atoms with E-state index in [0.717, 1.165) is 35.1 Å². The zero-order valence-electron chi connectivity index (χ0n) is 10.2. The van der Waals surface area contributed by atoms with Gasteiger partial charge >= 0.3 is 0 Å². The molecule has 3 nitrogen and oxygen atoms in total. The van der Waals surface area contributed by atoms with Crippen molar-refractivity contribution < 1.29 is 4.79 Å². The molecule has 1 aromatic carbocycles. The molecular formula is C13H17BrN2O. The van der Waals surface area contributed by atoms with E-state index in [1.54, 1.807) is 0 Å². The van der Waals surface area contributed by atoms with E-state index in [1.165, 1.54) is 0 Å². The number of halogens is 1. The van der Waals surface area contributed by atoms with E-state index >= 15 is 0 Å². The highest BCUT2D eigenvalue weighted by molar-refractivity contribution is 9.10. The topological polar surface area (TPSA) is 32.3 Å². The highest BCUT2D eigenvalue weighted by atomic mass is 79.9. The molecule has 1 aromatic rings. The van der Waals surface area contributed by atoms with Crippen LogP contribution in [0.4, 0.5) is 0 Å². The van der Waals surface area contributed by atoms with Crippen LogP contribution in [0.3, 0.4) is 0 Å². The molecular weight excluding hydrogens is 280 g/mol. The Kier molecular flexibility index (Phi) is 3.84. The predicted octanol–water partition coefficient (Wildman–Crippen LogP) is 2.19. The number of hydrogen-bond acceptors (Lipinski definition) is 2. The third-order valence-corrected chi connectivity index (χ3v) is 3.81. The van der Waals surface area contributed by atoms with Crippen LogP contribution in [0.2, 0.25) is 0 Å². The van der Waals surface area contributed by atoms with Crippen molar-refractivity contribution in [2.45, 2.75) is 19.4 Å². The maximum absolute atomic E-state index is 12.3. The summed E-state index contributed by atoms with van der Waals surface area (Å²) < 4.78 is 1.01. The lowest BCUT2D eigenvalue weighted by Crippen LogP contribution is -2.38. The van der Waals surface area contributed by atoms with Gasteiger partial charge in [0, 0.05) is 29.7 Å². The molecule has 4 heteroatoms. The fourth-order valence-electron chi connectivity index (χ4n) is 2.19. The molecule has 92 valence electrons. The Morgan fingerprint density at radius 1 is 1.53 bits per heavy atom. The van der Waals surface area contributed by atoms with E-state index in [-0.39, 0.29) is 5.91 Å². The molecule has 1 N–H and O–H groups in total. The second-order valence-electron chi connectivity index (χ2n) is 4.52. The van der Waals surface area contributed by atoms with E-state index in [2.05, 4.69) is 21.2 Å². The third-order valence-electron chi connectivity index (χ3n) is 3.32. The van der Waals surface area contributed by atoms with Crippen LogP contribution in [0.15, 0.2) is 22.7 Å². The molecule has 0 aliphatic carbocycles. The molecule has 1 aliphatic heterocycles. The third kappa shape index (κ3) is 2.69. The van der Waals surface area contributed by atoms with Crippen LogP contribution in [0.25, 0.3) is 0 Å². The number of likely N-dealkylation sites (N-methyl/N-ethyl adjacent to an activating group) is 1. The number of carbonyl (C=O) groups is 1. The Bertz CT molecular complexity index is 427. The highest BCUT2D eigenvalue weighted by Crippen LogP contribution is 2.18. The monoisotopic (exact) mass is 296 g/mol. The van der Waals surface area contributed by atoms with Crippen molar-refractivity contribution >= 4 is 21.8 Å².